The highest BCUT2D eigenvalue weighted by Gasteiger charge is 2.38. The molecule has 1 saturated heterocycles. The number of hydrogen-bond donors (Lipinski definition) is 1. The molecule has 0 aliphatic carbocycles. The smallest absolute Gasteiger partial charge is 0.310 e. The van der Waals surface area contributed by atoms with E-state index in [1.165, 1.54) is 19.9 Å². The van der Waals surface area contributed by atoms with Gasteiger partial charge >= 0.3 is 17.9 Å². The van der Waals surface area contributed by atoms with Crippen LogP contribution in [0, 0.1) is 0 Å². The first-order valence-electron chi connectivity index (χ1n) is 13.1. The minimum Gasteiger partial charge on any atom is -0.460 e. The van der Waals surface area contributed by atoms with Crippen molar-refractivity contribution in [1.29, 1.82) is 0 Å². The quantitative estimate of drug-likeness (QED) is 0.197. The van der Waals surface area contributed by atoms with Crippen molar-refractivity contribution in [3.05, 3.63) is 46.6 Å². The maximum absolute atomic E-state index is 12.9. The molecule has 2 bridgehead atoms. The Morgan fingerprint density at radius 2 is 1.92 bits per heavy atom. The van der Waals surface area contributed by atoms with Crippen molar-refractivity contribution in [2.75, 3.05) is 6.61 Å². The summed E-state index contributed by atoms with van der Waals surface area (Å²) in [7, 11) is 0. The van der Waals surface area contributed by atoms with Crippen LogP contribution in [-0.4, -0.2) is 65.9 Å². The molecule has 0 aromatic carbocycles. The van der Waals surface area contributed by atoms with Gasteiger partial charge in [0.15, 0.2) is 5.78 Å². The standard InChI is InChI=1S/C29H39ClO9/c1-17(14-27(34)36-16-19(3)20(4)31)13-24(33)29-25-12-11-23(38-29)10-9-22(30)8-6-7-18(2)26(37-21(5)32)15-28(35)39-25/h7-8,13,23-26,29,33H,3,6,9-12,14-16H2,1-2,4-5H3/b17-13+,18-7-,22-8-/t23-,24+,25?,26-,29?/m0/s1. The number of ketones is 1. The lowest BCUT2D eigenvalue weighted by Crippen LogP contribution is -2.48. The van der Waals surface area contributed by atoms with Gasteiger partial charge in [0.1, 0.15) is 31.0 Å². The number of carbonyl (C=O) groups is 4. The van der Waals surface area contributed by atoms with Gasteiger partial charge in [-0.05, 0) is 58.4 Å². The number of hydrogen-bond acceptors (Lipinski definition) is 9. The summed E-state index contributed by atoms with van der Waals surface area (Å²) < 4.78 is 22.3. The van der Waals surface area contributed by atoms with Gasteiger partial charge in [-0.3, -0.25) is 19.2 Å². The van der Waals surface area contributed by atoms with Crippen LogP contribution in [0.2, 0.25) is 0 Å². The Balaban J connectivity index is 2.19. The van der Waals surface area contributed by atoms with E-state index < -0.39 is 42.3 Å². The van der Waals surface area contributed by atoms with Crippen LogP contribution in [-0.2, 0) is 38.1 Å². The number of Topliss-reactive ketones (excluding diaryl/α,β-unsaturated/α-hetero) is 1. The molecule has 3 rings (SSSR count). The third-order valence-electron chi connectivity index (χ3n) is 6.54. The number of fused-ring (bicyclic) bond motifs is 10. The van der Waals surface area contributed by atoms with Gasteiger partial charge in [0, 0.05) is 17.5 Å². The molecule has 1 N–H and O–H groups in total. The molecule has 0 aromatic heterocycles. The molecule has 3 heterocycles. The van der Waals surface area contributed by atoms with Crippen molar-refractivity contribution in [2.45, 2.75) is 103 Å². The Morgan fingerprint density at radius 1 is 1.21 bits per heavy atom. The van der Waals surface area contributed by atoms with E-state index in [0.29, 0.717) is 48.3 Å². The minimum absolute atomic E-state index is 0.112. The lowest BCUT2D eigenvalue weighted by molar-refractivity contribution is -0.186. The van der Waals surface area contributed by atoms with Crippen LogP contribution in [0.3, 0.4) is 0 Å². The maximum atomic E-state index is 12.9. The Bertz CT molecular complexity index is 1030. The van der Waals surface area contributed by atoms with Crippen LogP contribution < -0.4 is 0 Å². The van der Waals surface area contributed by atoms with E-state index in [1.807, 2.05) is 12.2 Å². The molecule has 0 saturated carbocycles. The Labute approximate surface area is 234 Å². The van der Waals surface area contributed by atoms with Crippen LogP contribution in [0.1, 0.15) is 72.6 Å². The lowest BCUT2D eigenvalue weighted by atomic mass is 9.94. The number of aliphatic hydroxyl groups excluding tert-OH is 1. The molecule has 10 heteroatoms. The number of ether oxygens (including phenoxy) is 4. The highest BCUT2D eigenvalue weighted by Crippen LogP contribution is 2.30. The van der Waals surface area contributed by atoms with E-state index >= 15 is 0 Å². The lowest BCUT2D eigenvalue weighted by Gasteiger charge is -2.38. The molecule has 0 aromatic rings. The molecular formula is C29H39ClO9. The third-order valence-corrected chi connectivity index (χ3v) is 6.89. The number of allylic oxidation sites excluding steroid dienone is 3. The number of halogens is 1. The zero-order valence-electron chi connectivity index (χ0n) is 23.1. The van der Waals surface area contributed by atoms with Crippen molar-refractivity contribution in [3.8, 4) is 0 Å². The molecule has 0 radical (unpaired) electrons. The fraction of sp³-hybridized carbons (Fsp3) is 0.586. The van der Waals surface area contributed by atoms with Crippen molar-refractivity contribution in [2.24, 2.45) is 0 Å². The summed E-state index contributed by atoms with van der Waals surface area (Å²) in [6.45, 7) is 9.40. The fourth-order valence-corrected chi connectivity index (χ4v) is 4.49. The summed E-state index contributed by atoms with van der Waals surface area (Å²) in [6.07, 6.45) is 3.84. The summed E-state index contributed by atoms with van der Waals surface area (Å²) >= 11 is 6.41. The van der Waals surface area contributed by atoms with Gasteiger partial charge in [-0.15, -0.1) is 0 Å². The largest absolute Gasteiger partial charge is 0.460 e. The van der Waals surface area contributed by atoms with Gasteiger partial charge < -0.3 is 24.1 Å². The van der Waals surface area contributed by atoms with Gasteiger partial charge in [0.2, 0.25) is 0 Å². The van der Waals surface area contributed by atoms with E-state index in [4.69, 9.17) is 30.5 Å². The van der Waals surface area contributed by atoms with Crippen molar-refractivity contribution in [1.82, 2.24) is 0 Å². The normalized spacial score (nSPS) is 28.4. The molecule has 3 aliphatic rings. The number of carbonyl (C=O) groups excluding carboxylic acids is 4. The van der Waals surface area contributed by atoms with Crippen LogP contribution >= 0.6 is 11.6 Å². The molecule has 1 fully saturated rings. The first-order chi connectivity index (χ1) is 18.3. The van der Waals surface area contributed by atoms with E-state index in [9.17, 15) is 24.3 Å². The maximum Gasteiger partial charge on any atom is 0.310 e. The molecule has 216 valence electrons. The monoisotopic (exact) mass is 566 g/mol. The first kappa shape index (κ1) is 32.5. The second-order valence-corrected chi connectivity index (χ2v) is 10.5. The second-order valence-electron chi connectivity index (χ2n) is 10.0. The van der Waals surface area contributed by atoms with E-state index in [2.05, 4.69) is 6.58 Å². The van der Waals surface area contributed by atoms with Gasteiger partial charge in [-0.2, -0.15) is 0 Å². The SMILES string of the molecule is C=C(COC(=O)C/C(C)=C/[C@@H](O)C1O[C@H]2CC/C(Cl)=C/C/C=C(/C)[C@@H](OC(C)=O)CC(=O)OC1CC2)C(C)=O. The molecule has 39 heavy (non-hydrogen) atoms. The number of rotatable bonds is 8. The zero-order chi connectivity index (χ0) is 29.1. The summed E-state index contributed by atoms with van der Waals surface area (Å²) in [5, 5.41) is 11.7. The fourth-order valence-electron chi connectivity index (χ4n) is 4.29. The van der Waals surface area contributed by atoms with Crippen molar-refractivity contribution in [3.63, 3.8) is 0 Å². The van der Waals surface area contributed by atoms with Crippen molar-refractivity contribution < 1.29 is 43.2 Å². The highest BCUT2D eigenvalue weighted by molar-refractivity contribution is 6.29. The molecular weight excluding hydrogens is 528 g/mol. The Hall–Kier alpha value is -2.75. The predicted octanol–water partition coefficient (Wildman–Crippen LogP) is 4.41. The molecule has 0 amide bonds. The summed E-state index contributed by atoms with van der Waals surface area (Å²) in [5.74, 6) is -1.94. The number of esters is 3. The van der Waals surface area contributed by atoms with Gasteiger partial charge in [-0.25, -0.2) is 0 Å². The van der Waals surface area contributed by atoms with Gasteiger partial charge in [0.05, 0.1) is 18.9 Å². The van der Waals surface area contributed by atoms with Gasteiger partial charge in [-0.1, -0.05) is 42.0 Å². The average molecular weight is 567 g/mol. The highest BCUT2D eigenvalue weighted by atomic mass is 35.5. The van der Waals surface area contributed by atoms with Crippen LogP contribution in [0.15, 0.2) is 46.6 Å². The summed E-state index contributed by atoms with van der Waals surface area (Å²) in [4.78, 5) is 47.9. The Morgan fingerprint density at radius 3 is 2.59 bits per heavy atom. The first-order valence-corrected chi connectivity index (χ1v) is 13.5. The minimum atomic E-state index is -1.18. The van der Waals surface area contributed by atoms with Crippen molar-refractivity contribution >= 4 is 35.3 Å². The van der Waals surface area contributed by atoms with Crippen LogP contribution in [0.4, 0.5) is 0 Å². The third kappa shape index (κ3) is 11.5. The summed E-state index contributed by atoms with van der Waals surface area (Å²) in [5.41, 5.74) is 1.40. The van der Waals surface area contributed by atoms with Gasteiger partial charge in [0.25, 0.3) is 0 Å². The van der Waals surface area contributed by atoms with Crippen LogP contribution in [0.25, 0.3) is 0 Å². The molecule has 5 atom stereocenters. The molecule has 2 unspecified atom stereocenters. The van der Waals surface area contributed by atoms with E-state index in [-0.39, 0.29) is 36.9 Å². The van der Waals surface area contributed by atoms with E-state index in [0.717, 1.165) is 0 Å². The molecule has 9 nitrogen and oxygen atoms in total. The van der Waals surface area contributed by atoms with Crippen LogP contribution in [0.5, 0.6) is 0 Å². The predicted molar refractivity (Wildman–Crippen MR) is 145 cm³/mol. The van der Waals surface area contributed by atoms with E-state index in [1.54, 1.807) is 13.8 Å². The Kier molecular flexibility index (Phi) is 13.1. The second kappa shape index (κ2) is 15.7. The number of aliphatic hydroxyl groups is 1. The average Bonchev–Trinajstić information content (AvgIpc) is 2.85. The molecule has 3 aliphatic heterocycles. The zero-order valence-corrected chi connectivity index (χ0v) is 23.8. The molecule has 0 spiro atoms. The topological polar surface area (TPSA) is 125 Å². The summed E-state index contributed by atoms with van der Waals surface area (Å²) in [6, 6.07) is 0.